The van der Waals surface area contributed by atoms with Gasteiger partial charge in [0.05, 0.1) is 70.9 Å². The maximum absolute atomic E-state index is 13.7. The maximum Gasteiger partial charge on any atom is 0.481 e. The van der Waals surface area contributed by atoms with E-state index in [1.807, 2.05) is 12.1 Å². The van der Waals surface area contributed by atoms with Gasteiger partial charge in [-0.2, -0.15) is 0 Å². The SMILES string of the molecule is CC(C)C[C@H](NC(=O)Cc1cccc(NC(=O)c2cc(NC(=O)c3cc(NC(=O)Nc4cc(C(=O)Nc5cc(C(=O)Nc6cccc(CC(=O)N[C@@H](CC(C)C)B7O[C@@H]8C[C@@H]9C[C@@H](C9(C)C)[C@]8(C)O7)c6)n(C)c5)n(C)c4)cn3C)cn2C)c1)B1O[C@@H]2C[C@@H]3C[C@@H](C3(C)C)[C@]2(C)O1. The number of amides is 8. The fourth-order valence-electron chi connectivity index (χ4n) is 16.5. The molecule has 2 saturated heterocycles. The second-order valence-electron chi connectivity index (χ2n) is 30.3. The van der Waals surface area contributed by atoms with Crippen LogP contribution in [0.2, 0.25) is 0 Å². The van der Waals surface area contributed by atoms with Crippen LogP contribution < -0.4 is 42.5 Å². The molecule has 2 aliphatic heterocycles. The molecule has 4 aromatic heterocycles. The highest BCUT2D eigenvalue weighted by Gasteiger charge is 2.70. The van der Waals surface area contributed by atoms with E-state index in [4.69, 9.17) is 18.6 Å². The first-order chi connectivity index (χ1) is 45.3. The molecule has 23 nitrogen and oxygen atoms in total. The van der Waals surface area contributed by atoms with Gasteiger partial charge in [-0.3, -0.25) is 28.8 Å². The van der Waals surface area contributed by atoms with Crippen LogP contribution in [0.5, 0.6) is 0 Å². The lowest BCUT2D eigenvalue weighted by Crippen LogP contribution is -2.65. The number of anilines is 6. The van der Waals surface area contributed by atoms with Gasteiger partial charge in [0, 0.05) is 64.4 Å². The molecule has 8 fully saturated rings. The van der Waals surface area contributed by atoms with Gasteiger partial charge in [0.25, 0.3) is 23.6 Å². The topological polar surface area (TPSA) is 272 Å². The number of nitrogens with zero attached hydrogens (tertiary/aromatic N) is 4. The first kappa shape index (κ1) is 67.6. The molecule has 8 amide bonds. The van der Waals surface area contributed by atoms with Gasteiger partial charge in [0.1, 0.15) is 22.8 Å². The molecule has 10 atom stereocenters. The molecule has 0 spiro atoms. The third-order valence-electron chi connectivity index (χ3n) is 21.8. The maximum atomic E-state index is 13.7. The van der Waals surface area contributed by atoms with Crippen LogP contribution in [-0.2, 0) is 69.2 Å². The Bertz CT molecular complexity index is 3780. The molecule has 508 valence electrons. The zero-order valence-corrected chi connectivity index (χ0v) is 57.6. The monoisotopic (exact) mass is 1310 g/mol. The fraction of sp³-hybridized carbons (Fsp3) is 0.507. The number of aryl methyl sites for hydroxylation is 4. The van der Waals surface area contributed by atoms with Crippen LogP contribution in [0.4, 0.5) is 38.9 Å². The Morgan fingerprint density at radius 3 is 1.10 bits per heavy atom. The zero-order valence-electron chi connectivity index (χ0n) is 57.6. The largest absolute Gasteiger partial charge is 0.481 e. The van der Waals surface area contributed by atoms with Gasteiger partial charge in [-0.15, -0.1) is 0 Å². The summed E-state index contributed by atoms with van der Waals surface area (Å²) >= 11 is 0. The molecule has 6 aliphatic carbocycles. The van der Waals surface area contributed by atoms with Crippen LogP contribution in [0, 0.1) is 46.3 Å². The third-order valence-corrected chi connectivity index (χ3v) is 21.8. The van der Waals surface area contributed by atoms with Crippen molar-refractivity contribution < 1.29 is 52.2 Å². The minimum atomic E-state index is -0.636. The van der Waals surface area contributed by atoms with Crippen molar-refractivity contribution in [3.05, 3.63) is 131 Å². The van der Waals surface area contributed by atoms with Crippen LogP contribution in [0.15, 0.2) is 97.6 Å². The molecule has 14 rings (SSSR count). The molecular weight excluding hydrogens is 1220 g/mol. The molecule has 0 unspecified atom stereocenters. The van der Waals surface area contributed by atoms with Gasteiger partial charge in [-0.05, 0) is 158 Å². The summed E-state index contributed by atoms with van der Waals surface area (Å²) < 4.78 is 33.0. The Kier molecular flexibility index (Phi) is 18.2. The molecule has 8 N–H and O–H groups in total. The standard InChI is InChI=1S/C71H92B2N12O11/c1-39(2)21-59(72-93-57-29-43-27-55(68(43,5)6)70(57,9)95-72)80-61(86)25-41-17-15-19-45(23-41)74-63(88)51-31-47(35-82(51)11)76-65(90)53-33-49(37-84(53)13)78-67(92)79-50-34-54(85(14)38-50)66(91)77-48-32-52(83(12)36-48)64(89)75-46-20-16-18-42(24-46)26-62(87)81-60(22-40(3)4)73-94-58-30-44-28-56(69(44,7)8)71(58,10)96-73/h15-20,23-24,31-40,43-44,55-60H,21-22,25-30H2,1-14H3,(H,74,88)(H,75,89)(H,76,90)(H,77,91)(H,80,86)(H,81,87)(H2,78,79,92)/t43-,44-,55-,56-,57+,58+,59-,60-,70-,71-/m0/s1. The highest BCUT2D eigenvalue weighted by Crippen LogP contribution is 2.67. The van der Waals surface area contributed by atoms with Crippen molar-refractivity contribution in [1.82, 2.24) is 28.9 Å². The molecule has 2 aromatic carbocycles. The average molecular weight is 1310 g/mol. The van der Waals surface area contributed by atoms with Gasteiger partial charge in [-0.25, -0.2) is 4.79 Å². The summed E-state index contributed by atoms with van der Waals surface area (Å²) in [6, 6.07) is 19.8. The normalized spacial score (nSPS) is 24.6. The Morgan fingerprint density at radius 1 is 0.458 bits per heavy atom. The van der Waals surface area contributed by atoms with Gasteiger partial charge in [0.2, 0.25) is 11.8 Å². The zero-order chi connectivity index (χ0) is 68.7. The highest BCUT2D eigenvalue weighted by molar-refractivity contribution is 6.48. The van der Waals surface area contributed by atoms with Crippen molar-refractivity contribution >= 4 is 89.8 Å². The first-order valence-corrected chi connectivity index (χ1v) is 33.8. The van der Waals surface area contributed by atoms with Crippen LogP contribution in [-0.4, -0.2) is 109 Å². The minimum Gasteiger partial charge on any atom is -0.404 e. The van der Waals surface area contributed by atoms with E-state index in [2.05, 4.69) is 112 Å². The summed E-state index contributed by atoms with van der Waals surface area (Å²) in [5.74, 6) is -0.216. The predicted molar refractivity (Wildman–Crippen MR) is 369 cm³/mol. The molecular formula is C71H92B2N12O11. The second kappa shape index (κ2) is 25.9. The molecule has 25 heteroatoms. The summed E-state index contributed by atoms with van der Waals surface area (Å²) in [6.45, 7) is 22.2. The van der Waals surface area contributed by atoms with E-state index < -0.39 is 43.9 Å². The van der Waals surface area contributed by atoms with Crippen LogP contribution in [0.3, 0.4) is 0 Å². The van der Waals surface area contributed by atoms with Gasteiger partial charge in [-0.1, -0.05) is 79.7 Å². The van der Waals surface area contributed by atoms with Crippen LogP contribution in [0.1, 0.15) is 161 Å². The minimum absolute atomic E-state index is 0.00517. The number of rotatable bonds is 22. The van der Waals surface area contributed by atoms with E-state index in [0.717, 1.165) is 25.7 Å². The van der Waals surface area contributed by atoms with E-state index in [-0.39, 0.29) is 93.6 Å². The Labute approximate surface area is 562 Å². The summed E-state index contributed by atoms with van der Waals surface area (Å²) in [4.78, 5) is 95.4. The Morgan fingerprint density at radius 2 is 0.781 bits per heavy atom. The number of hydrogen-bond donors (Lipinski definition) is 8. The molecule has 6 aromatic rings. The van der Waals surface area contributed by atoms with Crippen molar-refractivity contribution in [2.24, 2.45) is 74.5 Å². The molecule has 6 heterocycles. The van der Waals surface area contributed by atoms with E-state index in [9.17, 15) is 33.6 Å². The highest BCUT2D eigenvalue weighted by atomic mass is 16.7. The lowest BCUT2D eigenvalue weighted by Gasteiger charge is -2.64. The average Bonchev–Trinajstić information content (AvgIpc) is 1.29. The number of nitrogens with one attached hydrogen (secondary N) is 8. The lowest BCUT2D eigenvalue weighted by molar-refractivity contribution is -0.199. The van der Waals surface area contributed by atoms with Crippen LogP contribution in [0.25, 0.3) is 0 Å². The van der Waals surface area contributed by atoms with E-state index in [1.54, 1.807) is 120 Å². The Balaban J connectivity index is 0.593. The number of urea groups is 1. The quantitative estimate of drug-likeness (QED) is 0.0296. The van der Waals surface area contributed by atoms with E-state index in [0.29, 0.717) is 93.6 Å². The molecule has 4 bridgehead atoms. The second-order valence-corrected chi connectivity index (χ2v) is 30.3. The van der Waals surface area contributed by atoms with Gasteiger partial charge >= 0.3 is 20.3 Å². The number of carbonyl (C=O) groups excluding carboxylic acids is 7. The van der Waals surface area contributed by atoms with Crippen molar-refractivity contribution in [3.63, 3.8) is 0 Å². The first-order valence-electron chi connectivity index (χ1n) is 33.8. The third kappa shape index (κ3) is 13.4. The number of aromatic nitrogens is 4. The smallest absolute Gasteiger partial charge is 0.404 e. The molecule has 8 aliphatic rings. The lowest BCUT2D eigenvalue weighted by atomic mass is 9.43. The summed E-state index contributed by atoms with van der Waals surface area (Å²) in [5.41, 5.74) is 4.32. The number of carbonyl (C=O) groups is 7. The van der Waals surface area contributed by atoms with Crippen molar-refractivity contribution in [2.75, 3.05) is 31.9 Å². The Hall–Kier alpha value is -8.38. The molecule has 6 saturated carbocycles. The van der Waals surface area contributed by atoms with Gasteiger partial charge in [0.15, 0.2) is 0 Å². The number of hydrogen-bond acceptors (Lipinski definition) is 11. The predicted octanol–water partition coefficient (Wildman–Crippen LogP) is 10.4. The molecule has 0 radical (unpaired) electrons. The summed E-state index contributed by atoms with van der Waals surface area (Å²) in [6.07, 6.45) is 12.2. The van der Waals surface area contributed by atoms with E-state index in [1.165, 1.54) is 12.1 Å². The van der Waals surface area contributed by atoms with Gasteiger partial charge < -0.3 is 79.4 Å². The van der Waals surface area contributed by atoms with Crippen molar-refractivity contribution in [3.8, 4) is 0 Å². The molecule has 96 heavy (non-hydrogen) atoms. The van der Waals surface area contributed by atoms with Crippen LogP contribution >= 0.6 is 0 Å². The summed E-state index contributed by atoms with van der Waals surface area (Å²) in [5, 5.41) is 23.5. The van der Waals surface area contributed by atoms with Crippen molar-refractivity contribution in [1.29, 1.82) is 0 Å². The van der Waals surface area contributed by atoms with Crippen molar-refractivity contribution in [2.45, 2.75) is 156 Å². The summed E-state index contributed by atoms with van der Waals surface area (Å²) in [7, 11) is 5.61. The fourth-order valence-corrected chi connectivity index (χ4v) is 16.5. The van der Waals surface area contributed by atoms with E-state index >= 15 is 0 Å². The number of benzene rings is 2.